The van der Waals surface area contributed by atoms with Crippen molar-refractivity contribution in [2.24, 2.45) is 11.1 Å². The molecule has 1 saturated carbocycles. The van der Waals surface area contributed by atoms with E-state index in [0.717, 1.165) is 0 Å². The predicted octanol–water partition coefficient (Wildman–Crippen LogP) is 4.00. The number of anilines is 1. The van der Waals surface area contributed by atoms with Gasteiger partial charge in [0.05, 0.1) is 0 Å². The van der Waals surface area contributed by atoms with Gasteiger partial charge in [-0.15, -0.1) is 0 Å². The largest absolute Gasteiger partial charge is 0.371 e. The Bertz CT molecular complexity index is 450. The van der Waals surface area contributed by atoms with Crippen molar-refractivity contribution in [1.29, 1.82) is 0 Å². The van der Waals surface area contributed by atoms with Crippen molar-refractivity contribution in [1.82, 2.24) is 0 Å². The highest BCUT2D eigenvalue weighted by Gasteiger charge is 2.35. The van der Waals surface area contributed by atoms with Crippen molar-refractivity contribution in [3.63, 3.8) is 0 Å². The molecule has 3 rings (SSSR count). The van der Waals surface area contributed by atoms with Crippen LogP contribution in [0.1, 0.15) is 56.1 Å². The Morgan fingerprint density at radius 3 is 2.40 bits per heavy atom. The summed E-state index contributed by atoms with van der Waals surface area (Å²) in [6, 6.07) is 6.75. The summed E-state index contributed by atoms with van der Waals surface area (Å²) < 4.78 is 0. The Kier molecular flexibility index (Phi) is 4.02. The average molecular weight is 272 g/mol. The first kappa shape index (κ1) is 13.9. The molecule has 110 valence electrons. The van der Waals surface area contributed by atoms with Crippen LogP contribution in [-0.2, 0) is 6.54 Å². The Labute approximate surface area is 123 Å². The van der Waals surface area contributed by atoms with Crippen LogP contribution in [-0.4, -0.2) is 13.1 Å². The monoisotopic (exact) mass is 272 g/mol. The number of nitrogens with two attached hydrogens (primary N) is 1. The zero-order valence-corrected chi connectivity index (χ0v) is 12.8. The van der Waals surface area contributed by atoms with Crippen LogP contribution in [0.2, 0.25) is 0 Å². The van der Waals surface area contributed by atoms with E-state index in [1.807, 2.05) is 0 Å². The number of hydrogen-bond acceptors (Lipinski definition) is 2. The van der Waals surface area contributed by atoms with Gasteiger partial charge >= 0.3 is 0 Å². The van der Waals surface area contributed by atoms with E-state index in [1.54, 1.807) is 0 Å². The van der Waals surface area contributed by atoms with Crippen LogP contribution in [0.3, 0.4) is 0 Å². The van der Waals surface area contributed by atoms with E-state index in [4.69, 9.17) is 5.73 Å². The molecule has 1 heterocycles. The van der Waals surface area contributed by atoms with Crippen LogP contribution in [0.25, 0.3) is 0 Å². The molecule has 2 aliphatic rings. The Balaban J connectivity index is 1.71. The molecule has 0 bridgehead atoms. The van der Waals surface area contributed by atoms with Gasteiger partial charge in [0.25, 0.3) is 0 Å². The molecule has 2 nitrogen and oxygen atoms in total. The fourth-order valence-corrected chi connectivity index (χ4v) is 4.21. The summed E-state index contributed by atoms with van der Waals surface area (Å²) in [5, 5.41) is 0. The predicted molar refractivity (Wildman–Crippen MR) is 86.0 cm³/mol. The SMILES string of the molecule is Cc1ccc(N2CCC3(CCCCC3)CC2)c(CN)c1. The molecule has 1 aromatic rings. The molecule has 1 aromatic carbocycles. The quantitative estimate of drug-likeness (QED) is 0.881. The maximum Gasteiger partial charge on any atom is 0.0411 e. The van der Waals surface area contributed by atoms with Crippen LogP contribution in [0.15, 0.2) is 18.2 Å². The molecule has 1 aliphatic carbocycles. The number of hydrogen-bond donors (Lipinski definition) is 1. The molecule has 1 spiro atoms. The first-order chi connectivity index (χ1) is 9.72. The highest BCUT2D eigenvalue weighted by atomic mass is 15.1. The number of nitrogens with zero attached hydrogens (tertiary/aromatic N) is 1. The smallest absolute Gasteiger partial charge is 0.0411 e. The van der Waals surface area contributed by atoms with E-state index in [9.17, 15) is 0 Å². The standard InChI is InChI=1S/C18H28N2/c1-15-5-6-17(16(13-15)14-19)20-11-9-18(10-12-20)7-3-2-4-8-18/h5-6,13H,2-4,7-12,14,19H2,1H3. The van der Waals surface area contributed by atoms with Gasteiger partial charge in [0.15, 0.2) is 0 Å². The molecular formula is C18H28N2. The highest BCUT2D eigenvalue weighted by Crippen LogP contribution is 2.45. The maximum absolute atomic E-state index is 5.94. The zero-order valence-electron chi connectivity index (χ0n) is 12.8. The van der Waals surface area contributed by atoms with Gasteiger partial charge in [-0.2, -0.15) is 0 Å². The summed E-state index contributed by atoms with van der Waals surface area (Å²) in [7, 11) is 0. The molecule has 2 fully saturated rings. The lowest BCUT2D eigenvalue weighted by Crippen LogP contribution is -2.41. The first-order valence-corrected chi connectivity index (χ1v) is 8.27. The van der Waals surface area contributed by atoms with Crippen molar-refractivity contribution < 1.29 is 0 Å². The summed E-state index contributed by atoms with van der Waals surface area (Å²) in [6.07, 6.45) is 10.1. The second-order valence-corrected chi connectivity index (χ2v) is 6.88. The summed E-state index contributed by atoms with van der Waals surface area (Å²) in [5.74, 6) is 0. The van der Waals surface area contributed by atoms with Gasteiger partial charge in [-0.3, -0.25) is 0 Å². The number of piperidine rings is 1. The van der Waals surface area contributed by atoms with Crippen molar-refractivity contribution in [3.05, 3.63) is 29.3 Å². The summed E-state index contributed by atoms with van der Waals surface area (Å²) in [5.41, 5.74) is 10.6. The van der Waals surface area contributed by atoms with Crippen molar-refractivity contribution in [2.75, 3.05) is 18.0 Å². The lowest BCUT2D eigenvalue weighted by atomic mass is 9.68. The third kappa shape index (κ3) is 2.71. The topological polar surface area (TPSA) is 29.3 Å². The highest BCUT2D eigenvalue weighted by molar-refractivity contribution is 5.55. The molecular weight excluding hydrogens is 244 g/mol. The van der Waals surface area contributed by atoms with E-state index in [1.165, 1.54) is 74.8 Å². The van der Waals surface area contributed by atoms with Crippen molar-refractivity contribution in [2.45, 2.75) is 58.4 Å². The fraction of sp³-hybridized carbons (Fsp3) is 0.667. The van der Waals surface area contributed by atoms with Gasteiger partial charge in [0.1, 0.15) is 0 Å². The second kappa shape index (κ2) is 5.77. The van der Waals surface area contributed by atoms with E-state index in [2.05, 4.69) is 30.0 Å². The lowest BCUT2D eigenvalue weighted by Gasteiger charge is -2.45. The average Bonchev–Trinajstić information content (AvgIpc) is 2.49. The van der Waals surface area contributed by atoms with E-state index in [-0.39, 0.29) is 0 Å². The summed E-state index contributed by atoms with van der Waals surface area (Å²) in [6.45, 7) is 5.24. The minimum absolute atomic E-state index is 0.651. The van der Waals surface area contributed by atoms with Gasteiger partial charge in [-0.1, -0.05) is 37.0 Å². The molecule has 0 radical (unpaired) electrons. The Morgan fingerprint density at radius 1 is 1.05 bits per heavy atom. The third-order valence-electron chi connectivity index (χ3n) is 5.53. The fourth-order valence-electron chi connectivity index (χ4n) is 4.21. The minimum atomic E-state index is 0.651. The van der Waals surface area contributed by atoms with E-state index >= 15 is 0 Å². The minimum Gasteiger partial charge on any atom is -0.371 e. The number of aryl methyl sites for hydroxylation is 1. The summed E-state index contributed by atoms with van der Waals surface area (Å²) >= 11 is 0. The summed E-state index contributed by atoms with van der Waals surface area (Å²) in [4.78, 5) is 2.57. The van der Waals surface area contributed by atoms with Crippen LogP contribution in [0.4, 0.5) is 5.69 Å². The Hall–Kier alpha value is -1.02. The molecule has 0 unspecified atom stereocenters. The van der Waals surface area contributed by atoms with Crippen LogP contribution >= 0.6 is 0 Å². The van der Waals surface area contributed by atoms with Crippen LogP contribution in [0.5, 0.6) is 0 Å². The van der Waals surface area contributed by atoms with Gasteiger partial charge in [0.2, 0.25) is 0 Å². The number of benzene rings is 1. The molecule has 0 atom stereocenters. The molecule has 2 heteroatoms. The van der Waals surface area contributed by atoms with Crippen molar-refractivity contribution >= 4 is 5.69 Å². The first-order valence-electron chi connectivity index (χ1n) is 8.27. The maximum atomic E-state index is 5.94. The molecule has 2 N–H and O–H groups in total. The van der Waals surface area contributed by atoms with E-state index in [0.29, 0.717) is 12.0 Å². The van der Waals surface area contributed by atoms with Gasteiger partial charge in [0, 0.05) is 25.3 Å². The van der Waals surface area contributed by atoms with Gasteiger partial charge in [-0.25, -0.2) is 0 Å². The van der Waals surface area contributed by atoms with Gasteiger partial charge < -0.3 is 10.6 Å². The zero-order chi connectivity index (χ0) is 14.0. The second-order valence-electron chi connectivity index (χ2n) is 6.88. The van der Waals surface area contributed by atoms with E-state index < -0.39 is 0 Å². The lowest BCUT2D eigenvalue weighted by molar-refractivity contribution is 0.144. The van der Waals surface area contributed by atoms with Crippen LogP contribution in [0, 0.1) is 12.3 Å². The molecule has 0 amide bonds. The third-order valence-corrected chi connectivity index (χ3v) is 5.53. The molecule has 20 heavy (non-hydrogen) atoms. The van der Waals surface area contributed by atoms with Crippen LogP contribution < -0.4 is 10.6 Å². The number of rotatable bonds is 2. The van der Waals surface area contributed by atoms with Gasteiger partial charge in [-0.05, 0) is 49.7 Å². The molecule has 1 saturated heterocycles. The normalized spacial score (nSPS) is 22.2. The molecule has 1 aliphatic heterocycles. The molecule has 0 aromatic heterocycles. The van der Waals surface area contributed by atoms with Crippen molar-refractivity contribution in [3.8, 4) is 0 Å². The Morgan fingerprint density at radius 2 is 1.75 bits per heavy atom.